The molecule has 1 atom stereocenters. The summed E-state index contributed by atoms with van der Waals surface area (Å²) in [6, 6.07) is 15.2. The number of aryl methyl sites for hydroxylation is 2. The van der Waals surface area contributed by atoms with E-state index >= 15 is 0 Å². The molecule has 6 rings (SSSR count). The van der Waals surface area contributed by atoms with E-state index in [1.54, 1.807) is 49.6 Å². The molecule has 192 valence electrons. The van der Waals surface area contributed by atoms with E-state index in [9.17, 15) is 14.7 Å². The average molecular weight is 529 g/mol. The number of benzene rings is 3. The van der Waals surface area contributed by atoms with Crippen LogP contribution in [0.1, 0.15) is 28.3 Å². The first kappa shape index (κ1) is 24.0. The van der Waals surface area contributed by atoms with Crippen molar-refractivity contribution in [3.05, 3.63) is 82.4 Å². The first-order valence-electron chi connectivity index (χ1n) is 12.1. The standard InChI is InChI=1S/C29H24N2O6S/c1-15-12-16(2)24-22(13-15)38-29(30-24)31-25(17-4-7-19(35-3)8-5-17)23(27(33)28(31)34)26(32)18-6-9-20-21(14-18)37-11-10-36-20/h4-9,12-14,25,32H,10-11H2,1-3H3/b26-23-. The quantitative estimate of drug-likeness (QED) is 0.218. The predicted molar refractivity (Wildman–Crippen MR) is 144 cm³/mol. The van der Waals surface area contributed by atoms with Gasteiger partial charge in [0.1, 0.15) is 24.7 Å². The van der Waals surface area contributed by atoms with Gasteiger partial charge in [0.15, 0.2) is 16.6 Å². The molecule has 8 nitrogen and oxygen atoms in total. The highest BCUT2D eigenvalue weighted by Crippen LogP contribution is 2.45. The van der Waals surface area contributed by atoms with E-state index in [1.165, 1.54) is 16.2 Å². The molecular weight excluding hydrogens is 504 g/mol. The van der Waals surface area contributed by atoms with Crippen molar-refractivity contribution < 1.29 is 28.9 Å². The number of ether oxygens (including phenoxy) is 3. The number of ketones is 1. The number of nitrogens with zero attached hydrogens (tertiary/aromatic N) is 2. The molecule has 1 amide bonds. The van der Waals surface area contributed by atoms with Gasteiger partial charge in [-0.2, -0.15) is 0 Å². The molecule has 9 heteroatoms. The van der Waals surface area contributed by atoms with Gasteiger partial charge in [0.05, 0.1) is 28.9 Å². The molecule has 1 aromatic heterocycles. The number of Topliss-reactive ketones (excluding diaryl/α,β-unsaturated/α-hetero) is 1. The van der Waals surface area contributed by atoms with Crippen molar-refractivity contribution in [2.45, 2.75) is 19.9 Å². The number of aromatic nitrogens is 1. The van der Waals surface area contributed by atoms with Gasteiger partial charge in [-0.25, -0.2) is 4.98 Å². The lowest BCUT2D eigenvalue weighted by Gasteiger charge is -2.23. The number of thiazole rings is 1. The molecule has 38 heavy (non-hydrogen) atoms. The number of hydrogen-bond donors (Lipinski definition) is 1. The third-order valence-electron chi connectivity index (χ3n) is 6.72. The minimum Gasteiger partial charge on any atom is -0.507 e. The lowest BCUT2D eigenvalue weighted by atomic mass is 9.95. The zero-order valence-electron chi connectivity index (χ0n) is 21.0. The van der Waals surface area contributed by atoms with Crippen LogP contribution in [-0.2, 0) is 9.59 Å². The van der Waals surface area contributed by atoms with E-state index < -0.39 is 17.7 Å². The number of rotatable bonds is 4. The average Bonchev–Trinajstić information content (AvgIpc) is 3.46. The second-order valence-electron chi connectivity index (χ2n) is 9.23. The lowest BCUT2D eigenvalue weighted by Crippen LogP contribution is -2.29. The van der Waals surface area contributed by atoms with Crippen molar-refractivity contribution in [2.24, 2.45) is 0 Å². The van der Waals surface area contributed by atoms with E-state index in [0.29, 0.717) is 46.7 Å². The summed E-state index contributed by atoms with van der Waals surface area (Å²) in [5, 5.41) is 11.9. The number of aliphatic hydroxyl groups excluding tert-OH is 1. The second kappa shape index (κ2) is 9.18. The lowest BCUT2D eigenvalue weighted by molar-refractivity contribution is -0.132. The molecule has 4 aromatic rings. The molecule has 0 saturated carbocycles. The molecular formula is C29H24N2O6S. The third kappa shape index (κ3) is 3.86. The highest BCUT2D eigenvalue weighted by molar-refractivity contribution is 7.22. The number of hydrogen-bond acceptors (Lipinski definition) is 8. The maximum atomic E-state index is 13.5. The number of aliphatic hydroxyl groups is 1. The highest BCUT2D eigenvalue weighted by Gasteiger charge is 2.48. The van der Waals surface area contributed by atoms with Crippen molar-refractivity contribution in [3.63, 3.8) is 0 Å². The summed E-state index contributed by atoms with van der Waals surface area (Å²) in [5.74, 6) is -0.184. The van der Waals surface area contributed by atoms with Crippen LogP contribution in [0.25, 0.3) is 16.0 Å². The minimum absolute atomic E-state index is 0.0241. The Kier molecular flexibility index (Phi) is 5.80. The monoisotopic (exact) mass is 528 g/mol. The highest BCUT2D eigenvalue weighted by atomic mass is 32.1. The first-order chi connectivity index (χ1) is 18.4. The van der Waals surface area contributed by atoms with Gasteiger partial charge >= 0.3 is 5.91 Å². The van der Waals surface area contributed by atoms with Crippen LogP contribution >= 0.6 is 11.3 Å². The Hall–Kier alpha value is -4.37. The molecule has 0 aliphatic carbocycles. The van der Waals surface area contributed by atoms with Crippen molar-refractivity contribution in [1.82, 2.24) is 4.98 Å². The fourth-order valence-corrected chi connectivity index (χ4v) is 6.11. The van der Waals surface area contributed by atoms with Gasteiger partial charge < -0.3 is 19.3 Å². The normalized spacial score (nSPS) is 18.3. The van der Waals surface area contributed by atoms with E-state index in [-0.39, 0.29) is 11.3 Å². The fourth-order valence-electron chi connectivity index (χ4n) is 4.94. The smallest absolute Gasteiger partial charge is 0.301 e. The SMILES string of the molecule is COc1ccc(C2/C(=C(/O)c3ccc4c(c3)OCCO4)C(=O)C(=O)N2c2nc3c(C)cc(C)cc3s2)cc1. The van der Waals surface area contributed by atoms with Gasteiger partial charge in [0, 0.05) is 5.56 Å². The molecule has 3 heterocycles. The van der Waals surface area contributed by atoms with Crippen LogP contribution in [0.2, 0.25) is 0 Å². The topological polar surface area (TPSA) is 98.2 Å². The largest absolute Gasteiger partial charge is 0.507 e. The van der Waals surface area contributed by atoms with Gasteiger partial charge in [-0.3, -0.25) is 14.5 Å². The second-order valence-corrected chi connectivity index (χ2v) is 10.2. The number of methoxy groups -OCH3 is 1. The summed E-state index contributed by atoms with van der Waals surface area (Å²) < 4.78 is 17.5. The van der Waals surface area contributed by atoms with Crippen LogP contribution in [0.15, 0.2) is 60.2 Å². The zero-order chi connectivity index (χ0) is 26.6. The van der Waals surface area contributed by atoms with E-state index in [1.807, 2.05) is 26.0 Å². The fraction of sp³-hybridized carbons (Fsp3) is 0.207. The Bertz CT molecular complexity index is 1640. The molecule has 1 N–H and O–H groups in total. The van der Waals surface area contributed by atoms with Crippen LogP contribution in [-0.4, -0.2) is 42.1 Å². The van der Waals surface area contributed by atoms with Gasteiger partial charge in [-0.1, -0.05) is 29.5 Å². The number of amides is 1. The summed E-state index contributed by atoms with van der Waals surface area (Å²) in [6.45, 7) is 4.78. The number of carbonyl (C=O) groups excluding carboxylic acids is 2. The van der Waals surface area contributed by atoms with Crippen LogP contribution < -0.4 is 19.1 Å². The molecule has 0 spiro atoms. The Morgan fingerprint density at radius 3 is 2.50 bits per heavy atom. The molecule has 1 unspecified atom stereocenters. The third-order valence-corrected chi connectivity index (χ3v) is 7.72. The van der Waals surface area contributed by atoms with Gasteiger partial charge in [-0.05, 0) is 66.9 Å². The van der Waals surface area contributed by atoms with Crippen LogP contribution in [0.5, 0.6) is 17.2 Å². The molecule has 2 aliphatic heterocycles. The van der Waals surface area contributed by atoms with E-state index in [0.717, 1.165) is 21.3 Å². The van der Waals surface area contributed by atoms with Crippen LogP contribution in [0, 0.1) is 13.8 Å². The molecule has 0 bridgehead atoms. The van der Waals surface area contributed by atoms with Crippen LogP contribution in [0.3, 0.4) is 0 Å². The van der Waals surface area contributed by atoms with Crippen molar-refractivity contribution in [3.8, 4) is 17.2 Å². The van der Waals surface area contributed by atoms with E-state index in [2.05, 4.69) is 0 Å². The van der Waals surface area contributed by atoms with Crippen molar-refractivity contribution in [2.75, 3.05) is 25.2 Å². The predicted octanol–water partition coefficient (Wildman–Crippen LogP) is 5.32. The van der Waals surface area contributed by atoms with E-state index in [4.69, 9.17) is 19.2 Å². The Labute approximate surface area is 222 Å². The van der Waals surface area contributed by atoms with Gasteiger partial charge in [0.2, 0.25) is 0 Å². The molecule has 1 fully saturated rings. The summed E-state index contributed by atoms with van der Waals surface area (Å²) in [6.07, 6.45) is 0. The molecule has 0 radical (unpaired) electrons. The Morgan fingerprint density at radius 2 is 1.76 bits per heavy atom. The van der Waals surface area contributed by atoms with Crippen LogP contribution in [0.4, 0.5) is 5.13 Å². The summed E-state index contributed by atoms with van der Waals surface area (Å²) in [4.78, 5) is 33.2. The maximum absolute atomic E-state index is 13.5. The number of fused-ring (bicyclic) bond motifs is 2. The summed E-state index contributed by atoms with van der Waals surface area (Å²) in [5.41, 5.74) is 3.80. The summed E-state index contributed by atoms with van der Waals surface area (Å²) in [7, 11) is 1.56. The first-order valence-corrected chi connectivity index (χ1v) is 12.9. The minimum atomic E-state index is -0.893. The van der Waals surface area contributed by atoms with Crippen molar-refractivity contribution in [1.29, 1.82) is 0 Å². The maximum Gasteiger partial charge on any atom is 0.301 e. The summed E-state index contributed by atoms with van der Waals surface area (Å²) >= 11 is 1.34. The Morgan fingerprint density at radius 1 is 1.03 bits per heavy atom. The molecule has 2 aliphatic rings. The van der Waals surface area contributed by atoms with Gasteiger partial charge in [0.25, 0.3) is 5.78 Å². The zero-order valence-corrected chi connectivity index (χ0v) is 21.8. The molecule has 3 aromatic carbocycles. The number of anilines is 1. The Balaban J connectivity index is 1.54. The molecule has 1 saturated heterocycles. The van der Waals surface area contributed by atoms with Gasteiger partial charge in [-0.15, -0.1) is 0 Å². The van der Waals surface area contributed by atoms with Crippen molar-refractivity contribution >= 4 is 44.1 Å². The number of carbonyl (C=O) groups is 2.